The van der Waals surface area contributed by atoms with Gasteiger partial charge in [0.2, 0.25) is 0 Å². The normalized spacial score (nSPS) is 11.2. The van der Waals surface area contributed by atoms with E-state index in [9.17, 15) is 4.79 Å². The van der Waals surface area contributed by atoms with E-state index < -0.39 is 0 Å². The highest BCUT2D eigenvalue weighted by Gasteiger charge is 2.18. The van der Waals surface area contributed by atoms with Crippen LogP contribution < -0.4 is 0 Å². The molecule has 2 rings (SSSR count). The van der Waals surface area contributed by atoms with Crippen LogP contribution >= 0.6 is 0 Å². The summed E-state index contributed by atoms with van der Waals surface area (Å²) >= 11 is 0. The van der Waals surface area contributed by atoms with E-state index in [4.69, 9.17) is 4.74 Å². The van der Waals surface area contributed by atoms with E-state index in [2.05, 4.69) is 5.10 Å². The molecule has 0 aliphatic heterocycles. The molecule has 2 aromatic rings. The molecule has 4 heteroatoms. The molecule has 0 aliphatic rings. The zero-order chi connectivity index (χ0) is 15.0. The number of methoxy groups -OCH3 is 1. The third kappa shape index (κ3) is 4.23. The predicted octanol–water partition coefficient (Wildman–Crippen LogP) is 3.37. The fourth-order valence-corrected chi connectivity index (χ4v) is 1.88. The van der Waals surface area contributed by atoms with Crippen LogP contribution in [-0.2, 0) is 9.53 Å². The third-order valence-electron chi connectivity index (χ3n) is 2.82. The van der Waals surface area contributed by atoms with Gasteiger partial charge in [0.1, 0.15) is 0 Å². The van der Waals surface area contributed by atoms with Crippen LogP contribution in [0.4, 0.5) is 0 Å². The Hall–Kier alpha value is -2.10. The molecular weight excluding hydrogens is 252 g/mol. The number of carbonyl (C=O) groups is 1. The number of benzene rings is 1. The van der Waals surface area contributed by atoms with Gasteiger partial charge in [-0.25, -0.2) is 0 Å². The van der Waals surface area contributed by atoms with Crippen molar-refractivity contribution in [2.75, 3.05) is 7.11 Å². The Morgan fingerprint density at radius 2 is 1.95 bits per heavy atom. The fourth-order valence-electron chi connectivity index (χ4n) is 1.88. The van der Waals surface area contributed by atoms with E-state index in [0.717, 1.165) is 11.1 Å². The molecule has 1 atom stereocenters. The van der Waals surface area contributed by atoms with E-state index in [0.29, 0.717) is 0 Å². The fraction of sp³-hybridized carbons (Fsp3) is 0.375. The summed E-state index contributed by atoms with van der Waals surface area (Å²) in [6.45, 7) is 5.98. The summed E-state index contributed by atoms with van der Waals surface area (Å²) in [4.78, 5) is 11.5. The molecule has 0 radical (unpaired) electrons. The van der Waals surface area contributed by atoms with Crippen LogP contribution in [0.3, 0.4) is 0 Å². The third-order valence-corrected chi connectivity index (χ3v) is 2.82. The zero-order valence-electron chi connectivity index (χ0n) is 12.5. The van der Waals surface area contributed by atoms with Gasteiger partial charge in [0.05, 0.1) is 25.8 Å². The van der Waals surface area contributed by atoms with E-state index in [1.54, 1.807) is 6.20 Å². The molecule has 0 N–H and O–H groups in total. The first kappa shape index (κ1) is 16.0. The predicted molar refractivity (Wildman–Crippen MR) is 79.5 cm³/mol. The van der Waals surface area contributed by atoms with Gasteiger partial charge in [-0.2, -0.15) is 5.10 Å². The maximum atomic E-state index is 11.5. The summed E-state index contributed by atoms with van der Waals surface area (Å²) < 4.78 is 6.56. The van der Waals surface area contributed by atoms with Crippen molar-refractivity contribution in [3.63, 3.8) is 0 Å². The van der Waals surface area contributed by atoms with Crippen molar-refractivity contribution in [1.82, 2.24) is 9.78 Å². The Morgan fingerprint density at radius 3 is 2.45 bits per heavy atom. The minimum absolute atomic E-state index is 0.118. The number of carbonyl (C=O) groups excluding carboxylic acids is 1. The van der Waals surface area contributed by atoms with Crippen LogP contribution in [0.2, 0.25) is 0 Å². The highest BCUT2D eigenvalue weighted by Crippen LogP contribution is 2.22. The number of esters is 1. The monoisotopic (exact) mass is 274 g/mol. The zero-order valence-corrected chi connectivity index (χ0v) is 12.5. The first-order chi connectivity index (χ1) is 9.70. The molecule has 0 aliphatic carbocycles. The Kier molecular flexibility index (Phi) is 6.50. The van der Waals surface area contributed by atoms with Crippen LogP contribution in [0.1, 0.15) is 37.4 Å². The van der Waals surface area contributed by atoms with Crippen molar-refractivity contribution in [2.45, 2.75) is 33.2 Å². The highest BCUT2D eigenvalue weighted by atomic mass is 16.5. The molecule has 20 heavy (non-hydrogen) atoms. The van der Waals surface area contributed by atoms with Crippen LogP contribution in [0, 0.1) is 6.92 Å². The maximum Gasteiger partial charge on any atom is 0.308 e. The van der Waals surface area contributed by atoms with Crippen molar-refractivity contribution in [3.05, 3.63) is 53.9 Å². The van der Waals surface area contributed by atoms with E-state index in [1.165, 1.54) is 7.11 Å². The second-order valence-corrected chi connectivity index (χ2v) is 4.20. The molecule has 1 aromatic carbocycles. The Balaban J connectivity index is 0.000000956. The summed E-state index contributed by atoms with van der Waals surface area (Å²) in [5.74, 6) is -0.239. The van der Waals surface area contributed by atoms with Gasteiger partial charge in [0, 0.05) is 6.20 Å². The Morgan fingerprint density at radius 1 is 1.30 bits per heavy atom. The summed E-state index contributed by atoms with van der Waals surface area (Å²) in [7, 11) is 1.40. The summed E-state index contributed by atoms with van der Waals surface area (Å²) in [6, 6.07) is 9.72. The van der Waals surface area contributed by atoms with Gasteiger partial charge in [-0.3, -0.25) is 9.48 Å². The largest absolute Gasteiger partial charge is 0.469 e. The van der Waals surface area contributed by atoms with Gasteiger partial charge in [-0.1, -0.05) is 44.2 Å². The molecule has 0 saturated heterocycles. The lowest BCUT2D eigenvalue weighted by molar-refractivity contribution is -0.141. The van der Waals surface area contributed by atoms with Crippen molar-refractivity contribution >= 4 is 5.97 Å². The molecule has 0 spiro atoms. The minimum atomic E-state index is -0.239. The minimum Gasteiger partial charge on any atom is -0.469 e. The molecule has 1 aromatic heterocycles. The molecular formula is C16H22N2O2. The molecule has 0 bridgehead atoms. The average Bonchev–Trinajstić information content (AvgIpc) is 2.93. The quantitative estimate of drug-likeness (QED) is 0.803. The molecule has 0 amide bonds. The maximum absolute atomic E-state index is 11.5. The molecule has 1 unspecified atom stereocenters. The smallest absolute Gasteiger partial charge is 0.308 e. The lowest BCUT2D eigenvalue weighted by atomic mass is 10.0. The number of hydrogen-bond donors (Lipinski definition) is 0. The van der Waals surface area contributed by atoms with Gasteiger partial charge in [-0.15, -0.1) is 0 Å². The van der Waals surface area contributed by atoms with Crippen molar-refractivity contribution in [3.8, 4) is 0 Å². The summed E-state index contributed by atoms with van der Waals surface area (Å²) in [6.07, 6.45) is 4.00. The van der Waals surface area contributed by atoms with Crippen molar-refractivity contribution in [2.24, 2.45) is 0 Å². The van der Waals surface area contributed by atoms with E-state index in [-0.39, 0.29) is 18.4 Å². The van der Waals surface area contributed by atoms with Crippen LogP contribution in [0.25, 0.3) is 0 Å². The lowest BCUT2D eigenvalue weighted by Gasteiger charge is -2.16. The van der Waals surface area contributed by atoms with E-state index >= 15 is 0 Å². The Bertz CT molecular complexity index is 520. The van der Waals surface area contributed by atoms with E-state index in [1.807, 2.05) is 62.0 Å². The van der Waals surface area contributed by atoms with Crippen LogP contribution in [0.15, 0.2) is 42.7 Å². The lowest BCUT2D eigenvalue weighted by Crippen LogP contribution is -2.16. The molecule has 0 saturated carbocycles. The number of nitrogens with zero attached hydrogens (tertiary/aromatic N) is 2. The molecule has 4 nitrogen and oxygen atoms in total. The van der Waals surface area contributed by atoms with Gasteiger partial charge in [-0.05, 0) is 18.1 Å². The van der Waals surface area contributed by atoms with Gasteiger partial charge in [0.25, 0.3) is 0 Å². The number of aryl methyl sites for hydroxylation is 1. The second kappa shape index (κ2) is 8.15. The van der Waals surface area contributed by atoms with Crippen LogP contribution in [-0.4, -0.2) is 22.9 Å². The number of rotatable bonds is 4. The van der Waals surface area contributed by atoms with Crippen LogP contribution in [0.5, 0.6) is 0 Å². The van der Waals surface area contributed by atoms with Crippen molar-refractivity contribution in [1.29, 1.82) is 0 Å². The Labute approximate surface area is 120 Å². The SMILES string of the molecule is CC.COC(=O)CC(c1ccccc1)n1cc(C)cn1. The van der Waals surface area contributed by atoms with Crippen molar-refractivity contribution < 1.29 is 9.53 Å². The highest BCUT2D eigenvalue weighted by molar-refractivity contribution is 5.70. The average molecular weight is 274 g/mol. The number of hydrogen-bond acceptors (Lipinski definition) is 3. The summed E-state index contributed by atoms with van der Waals surface area (Å²) in [5, 5.41) is 4.29. The molecule has 0 fully saturated rings. The molecule has 1 heterocycles. The number of aromatic nitrogens is 2. The first-order valence-electron chi connectivity index (χ1n) is 6.83. The van der Waals surface area contributed by atoms with Gasteiger partial charge < -0.3 is 4.74 Å². The molecule has 108 valence electrons. The number of ether oxygens (including phenoxy) is 1. The summed E-state index contributed by atoms with van der Waals surface area (Å²) in [5.41, 5.74) is 2.12. The second-order valence-electron chi connectivity index (χ2n) is 4.20. The topological polar surface area (TPSA) is 44.1 Å². The first-order valence-corrected chi connectivity index (χ1v) is 6.83. The van der Waals surface area contributed by atoms with Gasteiger partial charge >= 0.3 is 5.97 Å². The van der Waals surface area contributed by atoms with Gasteiger partial charge in [0.15, 0.2) is 0 Å². The standard InChI is InChI=1S/C14H16N2O2.C2H6/c1-11-9-15-16(10-11)13(8-14(17)18-2)12-6-4-3-5-7-12;1-2/h3-7,9-10,13H,8H2,1-2H3;1-2H3.